The van der Waals surface area contributed by atoms with Crippen molar-refractivity contribution in [1.82, 2.24) is 14.7 Å². The smallest absolute Gasteiger partial charge is 0.254 e. The summed E-state index contributed by atoms with van der Waals surface area (Å²) in [6, 6.07) is 17.0. The van der Waals surface area contributed by atoms with E-state index in [-0.39, 0.29) is 23.8 Å². The fourth-order valence-corrected chi connectivity index (χ4v) is 4.14. The number of unbranched alkanes of at least 4 members (excludes halogenated alkanes) is 1. The molecule has 1 heterocycles. The molecule has 0 atom stereocenters. The SMILES string of the molecule is CCCCc1ccc(C(=O)N(CCC(C)C)CC(=O)Nc2cc(C(C)(C)C)nn2-c2ccc(Cl)cc2)cc1. The molecule has 0 saturated heterocycles. The molecule has 3 aromatic rings. The average molecular weight is 537 g/mol. The number of amides is 2. The lowest BCUT2D eigenvalue weighted by atomic mass is 9.92. The van der Waals surface area contributed by atoms with Crippen LogP contribution in [-0.2, 0) is 16.6 Å². The minimum absolute atomic E-state index is 0.0419. The van der Waals surface area contributed by atoms with Crippen LogP contribution in [0.1, 0.15) is 82.4 Å². The van der Waals surface area contributed by atoms with Crippen molar-refractivity contribution in [3.63, 3.8) is 0 Å². The quantitative estimate of drug-likeness (QED) is 0.280. The standard InChI is InChI=1S/C31H41ClN4O2/c1-7-8-9-23-10-12-24(13-11-23)30(38)35(19-18-22(2)3)21-29(37)33-28-20-27(31(4,5)6)34-36(28)26-16-14-25(32)15-17-26/h10-17,20,22H,7-9,18-19,21H2,1-6H3,(H,33,37). The molecule has 6 nitrogen and oxygen atoms in total. The predicted molar refractivity (Wildman–Crippen MR) is 156 cm³/mol. The van der Waals surface area contributed by atoms with Gasteiger partial charge in [0.05, 0.1) is 11.4 Å². The van der Waals surface area contributed by atoms with E-state index in [0.29, 0.717) is 28.9 Å². The van der Waals surface area contributed by atoms with Crippen molar-refractivity contribution >= 4 is 29.2 Å². The fraction of sp³-hybridized carbons (Fsp3) is 0.452. The van der Waals surface area contributed by atoms with E-state index >= 15 is 0 Å². The maximum atomic E-state index is 13.4. The molecule has 2 aromatic carbocycles. The van der Waals surface area contributed by atoms with Crippen molar-refractivity contribution in [1.29, 1.82) is 0 Å². The van der Waals surface area contributed by atoms with Gasteiger partial charge in [-0.15, -0.1) is 0 Å². The van der Waals surface area contributed by atoms with Gasteiger partial charge in [-0.1, -0.05) is 71.7 Å². The molecule has 204 valence electrons. The van der Waals surface area contributed by atoms with Crippen LogP contribution < -0.4 is 5.32 Å². The summed E-state index contributed by atoms with van der Waals surface area (Å²) in [5.74, 6) is 0.561. The Hall–Kier alpha value is -3.12. The Morgan fingerprint density at radius 3 is 2.29 bits per heavy atom. The Bertz CT molecular complexity index is 1210. The Kier molecular flexibility index (Phi) is 10.1. The van der Waals surface area contributed by atoms with Crippen LogP contribution >= 0.6 is 11.6 Å². The summed E-state index contributed by atoms with van der Waals surface area (Å²) in [6.07, 6.45) is 4.07. The first-order valence-corrected chi connectivity index (χ1v) is 13.9. The third kappa shape index (κ3) is 8.19. The average Bonchev–Trinajstić information content (AvgIpc) is 3.29. The molecule has 0 fully saturated rings. The molecule has 2 amide bonds. The van der Waals surface area contributed by atoms with Gasteiger partial charge < -0.3 is 10.2 Å². The largest absolute Gasteiger partial charge is 0.329 e. The monoisotopic (exact) mass is 536 g/mol. The second-order valence-electron chi connectivity index (χ2n) is 11.3. The zero-order chi connectivity index (χ0) is 27.9. The minimum Gasteiger partial charge on any atom is -0.329 e. The number of nitrogens with one attached hydrogen (secondary N) is 1. The zero-order valence-electron chi connectivity index (χ0n) is 23.6. The normalized spacial score (nSPS) is 11.6. The van der Waals surface area contributed by atoms with Crippen LogP contribution in [0.3, 0.4) is 0 Å². The number of hydrogen-bond acceptors (Lipinski definition) is 3. The van der Waals surface area contributed by atoms with E-state index in [1.807, 2.05) is 42.5 Å². The van der Waals surface area contributed by atoms with Crippen LogP contribution in [0.2, 0.25) is 5.02 Å². The van der Waals surface area contributed by atoms with Crippen molar-refractivity contribution in [3.05, 3.63) is 76.4 Å². The third-order valence-corrected chi connectivity index (χ3v) is 6.69. The van der Waals surface area contributed by atoms with Gasteiger partial charge in [0.15, 0.2) is 0 Å². The number of rotatable bonds is 11. The molecular formula is C31H41ClN4O2. The second-order valence-corrected chi connectivity index (χ2v) is 11.7. The number of aromatic nitrogens is 2. The Morgan fingerprint density at radius 2 is 1.71 bits per heavy atom. The molecule has 0 radical (unpaired) electrons. The van der Waals surface area contributed by atoms with Gasteiger partial charge in [-0.25, -0.2) is 4.68 Å². The summed E-state index contributed by atoms with van der Waals surface area (Å²) in [7, 11) is 0. The van der Waals surface area contributed by atoms with Crippen LogP contribution in [-0.4, -0.2) is 39.6 Å². The first-order valence-electron chi connectivity index (χ1n) is 13.5. The van der Waals surface area contributed by atoms with E-state index in [2.05, 4.69) is 46.9 Å². The van der Waals surface area contributed by atoms with Gasteiger partial charge in [0.25, 0.3) is 5.91 Å². The van der Waals surface area contributed by atoms with Crippen LogP contribution in [0.15, 0.2) is 54.6 Å². The van der Waals surface area contributed by atoms with Gasteiger partial charge >= 0.3 is 0 Å². The van der Waals surface area contributed by atoms with Gasteiger partial charge in [-0.3, -0.25) is 9.59 Å². The van der Waals surface area contributed by atoms with Crippen molar-refractivity contribution < 1.29 is 9.59 Å². The molecule has 0 aliphatic carbocycles. The number of carbonyl (C=O) groups is 2. The maximum absolute atomic E-state index is 13.4. The van der Waals surface area contributed by atoms with Crippen LogP contribution in [0.4, 0.5) is 5.82 Å². The van der Waals surface area contributed by atoms with Crippen LogP contribution in [0.25, 0.3) is 5.69 Å². The molecule has 1 aromatic heterocycles. The molecule has 0 bridgehead atoms. The molecule has 0 unspecified atom stereocenters. The Morgan fingerprint density at radius 1 is 1.05 bits per heavy atom. The number of anilines is 1. The van der Waals surface area contributed by atoms with Crippen LogP contribution in [0, 0.1) is 5.92 Å². The van der Waals surface area contributed by atoms with Crippen molar-refractivity contribution in [2.75, 3.05) is 18.4 Å². The molecular weight excluding hydrogens is 496 g/mol. The molecule has 7 heteroatoms. The van der Waals surface area contributed by atoms with E-state index in [1.54, 1.807) is 21.7 Å². The number of nitrogens with zero attached hydrogens (tertiary/aromatic N) is 3. The minimum atomic E-state index is -0.266. The number of halogens is 1. The highest BCUT2D eigenvalue weighted by molar-refractivity contribution is 6.30. The lowest BCUT2D eigenvalue weighted by molar-refractivity contribution is -0.117. The summed E-state index contributed by atoms with van der Waals surface area (Å²) >= 11 is 6.08. The lowest BCUT2D eigenvalue weighted by Gasteiger charge is -2.23. The third-order valence-electron chi connectivity index (χ3n) is 6.43. The number of carbonyl (C=O) groups excluding carboxylic acids is 2. The zero-order valence-corrected chi connectivity index (χ0v) is 24.3. The number of aryl methyl sites for hydroxylation is 1. The van der Waals surface area contributed by atoms with Gasteiger partial charge in [-0.2, -0.15) is 5.10 Å². The molecule has 0 aliphatic rings. The Labute approximate surface area is 232 Å². The molecule has 1 N–H and O–H groups in total. The van der Waals surface area contributed by atoms with Gasteiger partial charge in [-0.05, 0) is 67.1 Å². The molecule has 0 saturated carbocycles. The summed E-state index contributed by atoms with van der Waals surface area (Å²) in [4.78, 5) is 28.4. The van der Waals surface area contributed by atoms with Crippen LogP contribution in [0.5, 0.6) is 0 Å². The van der Waals surface area contributed by atoms with E-state index in [1.165, 1.54) is 5.56 Å². The molecule has 0 aliphatic heterocycles. The van der Waals surface area contributed by atoms with E-state index in [0.717, 1.165) is 37.1 Å². The Balaban J connectivity index is 1.82. The molecule has 0 spiro atoms. The van der Waals surface area contributed by atoms with Crippen molar-refractivity contribution in [3.8, 4) is 5.69 Å². The predicted octanol–water partition coefficient (Wildman–Crippen LogP) is 7.29. The summed E-state index contributed by atoms with van der Waals surface area (Å²) in [6.45, 7) is 13.1. The van der Waals surface area contributed by atoms with E-state index in [4.69, 9.17) is 16.7 Å². The van der Waals surface area contributed by atoms with Crippen molar-refractivity contribution in [2.24, 2.45) is 5.92 Å². The lowest BCUT2D eigenvalue weighted by Crippen LogP contribution is -2.39. The number of benzene rings is 2. The molecule has 3 rings (SSSR count). The van der Waals surface area contributed by atoms with Gasteiger partial charge in [0.1, 0.15) is 12.4 Å². The highest BCUT2D eigenvalue weighted by atomic mass is 35.5. The first kappa shape index (κ1) is 29.4. The second kappa shape index (κ2) is 13.1. The molecule has 38 heavy (non-hydrogen) atoms. The summed E-state index contributed by atoms with van der Waals surface area (Å²) in [5.41, 5.74) is 3.25. The van der Waals surface area contributed by atoms with Crippen molar-refractivity contribution in [2.45, 2.75) is 72.6 Å². The van der Waals surface area contributed by atoms with E-state index < -0.39 is 0 Å². The maximum Gasteiger partial charge on any atom is 0.254 e. The summed E-state index contributed by atoms with van der Waals surface area (Å²) < 4.78 is 1.71. The fourth-order valence-electron chi connectivity index (χ4n) is 4.02. The number of hydrogen-bond donors (Lipinski definition) is 1. The first-order chi connectivity index (χ1) is 18.0. The highest BCUT2D eigenvalue weighted by Crippen LogP contribution is 2.27. The highest BCUT2D eigenvalue weighted by Gasteiger charge is 2.24. The van der Waals surface area contributed by atoms with Gasteiger partial charge in [0, 0.05) is 28.6 Å². The van der Waals surface area contributed by atoms with Gasteiger partial charge in [0.2, 0.25) is 5.91 Å². The van der Waals surface area contributed by atoms with E-state index in [9.17, 15) is 9.59 Å². The topological polar surface area (TPSA) is 67.2 Å². The summed E-state index contributed by atoms with van der Waals surface area (Å²) in [5, 5.41) is 8.40.